The summed E-state index contributed by atoms with van der Waals surface area (Å²) in [4.78, 5) is 0. The zero-order valence-electron chi connectivity index (χ0n) is 9.14. The molecule has 1 aromatic rings. The van der Waals surface area contributed by atoms with Gasteiger partial charge in [-0.05, 0) is 37.6 Å². The van der Waals surface area contributed by atoms with E-state index in [1.54, 1.807) is 0 Å². The molecule has 0 bridgehead atoms. The minimum Gasteiger partial charge on any atom is -0.491 e. The van der Waals surface area contributed by atoms with Gasteiger partial charge < -0.3 is 10.1 Å². The topological polar surface area (TPSA) is 21.3 Å². The molecule has 2 nitrogen and oxygen atoms in total. The highest BCUT2D eigenvalue weighted by atomic mass is 79.9. The molecule has 1 heterocycles. The van der Waals surface area contributed by atoms with Gasteiger partial charge in [0, 0.05) is 10.0 Å². The fourth-order valence-electron chi connectivity index (χ4n) is 1.96. The van der Waals surface area contributed by atoms with Crippen LogP contribution in [0.2, 0.25) is 0 Å². The molecule has 0 fully saturated rings. The Morgan fingerprint density at radius 2 is 2.33 bits per heavy atom. The zero-order valence-corrected chi connectivity index (χ0v) is 10.7. The van der Waals surface area contributed by atoms with Crippen molar-refractivity contribution in [3.63, 3.8) is 0 Å². The largest absolute Gasteiger partial charge is 0.491 e. The van der Waals surface area contributed by atoms with Crippen LogP contribution in [0.5, 0.6) is 5.75 Å². The van der Waals surface area contributed by atoms with Crippen LogP contribution in [0.3, 0.4) is 0 Å². The summed E-state index contributed by atoms with van der Waals surface area (Å²) in [5.41, 5.74) is 2.50. The maximum atomic E-state index is 5.71. The number of fused-ring (bicyclic) bond motifs is 1. The molecule has 0 spiro atoms. The summed E-state index contributed by atoms with van der Waals surface area (Å²) < 4.78 is 6.84. The summed E-state index contributed by atoms with van der Waals surface area (Å²) in [6.45, 7) is 6.06. The molecule has 0 radical (unpaired) electrons. The van der Waals surface area contributed by atoms with E-state index in [-0.39, 0.29) is 0 Å². The van der Waals surface area contributed by atoms with E-state index >= 15 is 0 Å². The zero-order chi connectivity index (χ0) is 10.8. The molecule has 1 unspecified atom stereocenters. The van der Waals surface area contributed by atoms with Gasteiger partial charge in [-0.15, -0.1) is 0 Å². The molecule has 3 heteroatoms. The van der Waals surface area contributed by atoms with E-state index in [9.17, 15) is 0 Å². The van der Waals surface area contributed by atoms with Crippen LogP contribution < -0.4 is 10.1 Å². The second kappa shape index (κ2) is 4.54. The molecule has 0 saturated heterocycles. The summed E-state index contributed by atoms with van der Waals surface area (Å²) in [5.74, 6) is 1.06. The van der Waals surface area contributed by atoms with Crippen LogP contribution in [0.4, 0.5) is 0 Å². The third-order valence-electron chi connectivity index (χ3n) is 2.68. The van der Waals surface area contributed by atoms with E-state index in [0.717, 1.165) is 29.8 Å². The summed E-state index contributed by atoms with van der Waals surface area (Å²) in [7, 11) is 0. The van der Waals surface area contributed by atoms with Gasteiger partial charge in [-0.2, -0.15) is 0 Å². The number of aryl methyl sites for hydroxylation is 1. The van der Waals surface area contributed by atoms with Gasteiger partial charge in [-0.1, -0.05) is 22.9 Å². The Hall–Kier alpha value is -0.540. The van der Waals surface area contributed by atoms with E-state index in [4.69, 9.17) is 4.74 Å². The first kappa shape index (κ1) is 11.0. The fourth-order valence-corrected chi connectivity index (χ4v) is 2.55. The molecule has 0 aliphatic carbocycles. The van der Waals surface area contributed by atoms with Crippen LogP contribution in [0, 0.1) is 6.92 Å². The van der Waals surface area contributed by atoms with Crippen LogP contribution in [-0.2, 0) is 0 Å². The second-order valence-electron chi connectivity index (χ2n) is 3.96. The van der Waals surface area contributed by atoms with Crippen molar-refractivity contribution < 1.29 is 4.74 Å². The van der Waals surface area contributed by atoms with Crippen LogP contribution in [0.25, 0.3) is 0 Å². The molecule has 1 atom stereocenters. The number of nitrogens with one attached hydrogen (secondary N) is 1. The lowest BCUT2D eigenvalue weighted by molar-refractivity contribution is 0.310. The summed E-state index contributed by atoms with van der Waals surface area (Å²) in [6.07, 6.45) is 1.15. The van der Waals surface area contributed by atoms with Crippen LogP contribution in [-0.4, -0.2) is 13.2 Å². The summed E-state index contributed by atoms with van der Waals surface area (Å²) >= 11 is 3.53. The molecule has 1 aromatic carbocycles. The maximum Gasteiger partial charge on any atom is 0.127 e. The van der Waals surface area contributed by atoms with Gasteiger partial charge in [-0.25, -0.2) is 0 Å². The standard InChI is InChI=1S/C12H16BrNO/c1-3-4-14-11-7-15-12-8(2)5-9(13)6-10(11)12/h5-6,11,14H,3-4,7H2,1-2H3. The van der Waals surface area contributed by atoms with Crippen molar-refractivity contribution >= 4 is 15.9 Å². The SMILES string of the molecule is CCCNC1COc2c(C)cc(Br)cc21. The van der Waals surface area contributed by atoms with Crippen molar-refractivity contribution in [3.05, 3.63) is 27.7 Å². The first-order valence-corrected chi connectivity index (χ1v) is 6.18. The normalized spacial score (nSPS) is 18.7. The Kier molecular flexibility index (Phi) is 3.32. The quantitative estimate of drug-likeness (QED) is 0.910. The molecule has 0 aromatic heterocycles. The van der Waals surface area contributed by atoms with Gasteiger partial charge in [0.25, 0.3) is 0 Å². The molecule has 82 valence electrons. The highest BCUT2D eigenvalue weighted by Crippen LogP contribution is 2.37. The van der Waals surface area contributed by atoms with E-state index in [2.05, 4.69) is 47.2 Å². The number of rotatable bonds is 3. The van der Waals surface area contributed by atoms with Gasteiger partial charge in [0.05, 0.1) is 6.04 Å². The first-order valence-electron chi connectivity index (χ1n) is 5.38. The smallest absolute Gasteiger partial charge is 0.127 e. The maximum absolute atomic E-state index is 5.71. The van der Waals surface area contributed by atoms with E-state index < -0.39 is 0 Å². The van der Waals surface area contributed by atoms with E-state index in [1.807, 2.05) is 0 Å². The van der Waals surface area contributed by atoms with Gasteiger partial charge in [-0.3, -0.25) is 0 Å². The molecule has 15 heavy (non-hydrogen) atoms. The predicted octanol–water partition coefficient (Wildman–Crippen LogP) is 3.19. The predicted molar refractivity (Wildman–Crippen MR) is 65.4 cm³/mol. The fraction of sp³-hybridized carbons (Fsp3) is 0.500. The van der Waals surface area contributed by atoms with Gasteiger partial charge in [0.1, 0.15) is 12.4 Å². The Morgan fingerprint density at radius 1 is 1.53 bits per heavy atom. The first-order chi connectivity index (χ1) is 7.22. The van der Waals surface area contributed by atoms with Crippen molar-refractivity contribution in [2.45, 2.75) is 26.3 Å². The van der Waals surface area contributed by atoms with Crippen molar-refractivity contribution in [1.82, 2.24) is 5.32 Å². The Bertz CT molecular complexity index is 365. The number of hydrogen-bond acceptors (Lipinski definition) is 2. The Labute approximate surface area is 99.1 Å². The van der Waals surface area contributed by atoms with E-state index in [0.29, 0.717) is 6.04 Å². The van der Waals surface area contributed by atoms with Crippen LogP contribution in [0.15, 0.2) is 16.6 Å². The minimum atomic E-state index is 0.358. The third-order valence-corrected chi connectivity index (χ3v) is 3.14. The lowest BCUT2D eigenvalue weighted by Crippen LogP contribution is -2.23. The number of benzene rings is 1. The van der Waals surface area contributed by atoms with Crippen molar-refractivity contribution in [1.29, 1.82) is 0 Å². The average molecular weight is 270 g/mol. The van der Waals surface area contributed by atoms with Gasteiger partial charge in [0.2, 0.25) is 0 Å². The highest BCUT2D eigenvalue weighted by Gasteiger charge is 2.25. The summed E-state index contributed by atoms with van der Waals surface area (Å²) in [6, 6.07) is 4.61. The van der Waals surface area contributed by atoms with Crippen molar-refractivity contribution in [2.75, 3.05) is 13.2 Å². The minimum absolute atomic E-state index is 0.358. The summed E-state index contributed by atoms with van der Waals surface area (Å²) in [5, 5.41) is 3.50. The number of hydrogen-bond donors (Lipinski definition) is 1. The molecule has 0 amide bonds. The Morgan fingerprint density at radius 3 is 3.07 bits per heavy atom. The number of ether oxygens (including phenoxy) is 1. The molecule has 1 N–H and O–H groups in total. The molecular formula is C12H16BrNO. The Balaban J connectivity index is 2.25. The van der Waals surface area contributed by atoms with Crippen molar-refractivity contribution in [3.8, 4) is 5.75 Å². The van der Waals surface area contributed by atoms with E-state index in [1.165, 1.54) is 11.1 Å². The molecule has 0 saturated carbocycles. The molecule has 1 aliphatic heterocycles. The monoisotopic (exact) mass is 269 g/mol. The lowest BCUT2D eigenvalue weighted by Gasteiger charge is -2.10. The highest BCUT2D eigenvalue weighted by molar-refractivity contribution is 9.10. The van der Waals surface area contributed by atoms with Crippen LogP contribution in [0.1, 0.15) is 30.5 Å². The number of halogens is 1. The van der Waals surface area contributed by atoms with Gasteiger partial charge in [0.15, 0.2) is 0 Å². The van der Waals surface area contributed by atoms with Gasteiger partial charge >= 0.3 is 0 Å². The van der Waals surface area contributed by atoms with Crippen LogP contribution >= 0.6 is 15.9 Å². The lowest BCUT2D eigenvalue weighted by atomic mass is 10.1. The average Bonchev–Trinajstić information content (AvgIpc) is 2.58. The molecule has 1 aliphatic rings. The molecule has 2 rings (SSSR count). The third kappa shape index (κ3) is 2.18. The second-order valence-corrected chi connectivity index (χ2v) is 4.87. The van der Waals surface area contributed by atoms with Crippen molar-refractivity contribution in [2.24, 2.45) is 0 Å². The molecular weight excluding hydrogens is 254 g/mol.